The van der Waals surface area contributed by atoms with Crippen LogP contribution in [0, 0.1) is 10.1 Å². The van der Waals surface area contributed by atoms with Crippen LogP contribution in [0.5, 0.6) is 5.75 Å². The molecule has 0 spiro atoms. The van der Waals surface area contributed by atoms with Crippen LogP contribution in [0.4, 0.5) is 5.69 Å². The number of nitrogens with zero attached hydrogens (tertiary/aromatic N) is 1. The van der Waals surface area contributed by atoms with Crippen LogP contribution in [0.3, 0.4) is 0 Å². The Morgan fingerprint density at radius 1 is 1.21 bits per heavy atom. The summed E-state index contributed by atoms with van der Waals surface area (Å²) in [4.78, 5) is 49.0. The first-order valence-electron chi connectivity index (χ1n) is 8.45. The molecular formula is C17H21N3O8S. The van der Waals surface area contributed by atoms with Crippen LogP contribution in [-0.2, 0) is 19.2 Å². The van der Waals surface area contributed by atoms with Gasteiger partial charge in [-0.15, -0.1) is 10.1 Å². The molecule has 158 valence electrons. The lowest BCUT2D eigenvalue weighted by Gasteiger charge is -2.21. The average Bonchev–Trinajstić information content (AvgIpc) is 2.63. The third-order valence-corrected chi connectivity index (χ3v) is 3.92. The molecule has 0 aromatic heterocycles. The third-order valence-electron chi connectivity index (χ3n) is 3.41. The number of benzene rings is 1. The van der Waals surface area contributed by atoms with Crippen LogP contribution >= 0.6 is 12.2 Å². The van der Waals surface area contributed by atoms with E-state index in [9.17, 15) is 29.6 Å². The van der Waals surface area contributed by atoms with Crippen molar-refractivity contribution in [2.45, 2.75) is 38.8 Å². The Labute approximate surface area is 171 Å². The lowest BCUT2D eigenvalue weighted by Crippen LogP contribution is -2.50. The second kappa shape index (κ2) is 11.7. The Hall–Kier alpha value is -3.12. The van der Waals surface area contributed by atoms with Gasteiger partial charge in [-0.05, 0) is 37.1 Å². The SMILES string of the molecule is CC(=O)Nc1ccc(OC(=O)C(NC(C)=O)C(=S)C(O)CCCO[N+](=O)[O-])cc1. The maximum Gasteiger partial charge on any atom is 0.339 e. The predicted molar refractivity (Wildman–Crippen MR) is 105 cm³/mol. The highest BCUT2D eigenvalue weighted by Crippen LogP contribution is 2.17. The second-order valence-corrected chi connectivity index (χ2v) is 6.35. The normalized spacial score (nSPS) is 12.2. The number of ether oxygens (including phenoxy) is 1. The Morgan fingerprint density at radius 3 is 2.34 bits per heavy atom. The van der Waals surface area contributed by atoms with E-state index in [4.69, 9.17) is 17.0 Å². The number of thiocarbonyl (C=S) groups is 1. The number of hydrogen-bond donors (Lipinski definition) is 3. The molecule has 12 heteroatoms. The van der Waals surface area contributed by atoms with Crippen molar-refractivity contribution in [1.82, 2.24) is 5.32 Å². The van der Waals surface area contributed by atoms with E-state index in [-0.39, 0.29) is 36.0 Å². The van der Waals surface area contributed by atoms with Gasteiger partial charge in [0, 0.05) is 19.5 Å². The highest BCUT2D eigenvalue weighted by atomic mass is 32.1. The molecule has 2 atom stereocenters. The maximum atomic E-state index is 12.5. The molecule has 0 saturated heterocycles. The van der Waals surface area contributed by atoms with E-state index in [1.54, 1.807) is 0 Å². The average molecular weight is 427 g/mol. The Morgan fingerprint density at radius 2 is 1.83 bits per heavy atom. The van der Waals surface area contributed by atoms with E-state index in [2.05, 4.69) is 15.5 Å². The number of aliphatic hydroxyl groups excluding tert-OH is 1. The molecule has 2 unspecified atom stereocenters. The summed E-state index contributed by atoms with van der Waals surface area (Å²) in [5.41, 5.74) is 0.499. The number of esters is 1. The van der Waals surface area contributed by atoms with E-state index in [0.717, 1.165) is 0 Å². The quantitative estimate of drug-likeness (QED) is 0.116. The van der Waals surface area contributed by atoms with Crippen molar-refractivity contribution in [3.63, 3.8) is 0 Å². The molecule has 0 saturated carbocycles. The van der Waals surface area contributed by atoms with Crippen molar-refractivity contribution in [2.75, 3.05) is 11.9 Å². The van der Waals surface area contributed by atoms with Crippen molar-refractivity contribution in [1.29, 1.82) is 0 Å². The van der Waals surface area contributed by atoms with Gasteiger partial charge in [-0.3, -0.25) is 9.59 Å². The van der Waals surface area contributed by atoms with E-state index < -0.39 is 29.1 Å². The fourth-order valence-corrected chi connectivity index (χ4v) is 2.46. The molecular weight excluding hydrogens is 406 g/mol. The van der Waals surface area contributed by atoms with Gasteiger partial charge < -0.3 is 25.3 Å². The zero-order chi connectivity index (χ0) is 22.0. The fraction of sp³-hybridized carbons (Fsp3) is 0.412. The van der Waals surface area contributed by atoms with Gasteiger partial charge in [-0.1, -0.05) is 12.2 Å². The van der Waals surface area contributed by atoms with Crippen molar-refractivity contribution >= 4 is 40.6 Å². The number of hydrogen-bond acceptors (Lipinski definition) is 9. The summed E-state index contributed by atoms with van der Waals surface area (Å²) in [7, 11) is 0. The Kier molecular flexibility index (Phi) is 9.62. The first kappa shape index (κ1) is 23.9. The lowest BCUT2D eigenvalue weighted by molar-refractivity contribution is -0.757. The van der Waals surface area contributed by atoms with Gasteiger partial charge in [0.2, 0.25) is 11.8 Å². The minimum Gasteiger partial charge on any atom is -0.425 e. The summed E-state index contributed by atoms with van der Waals surface area (Å²) in [5.74, 6) is -1.61. The summed E-state index contributed by atoms with van der Waals surface area (Å²) in [5, 5.41) is 24.2. The molecule has 0 aliphatic rings. The van der Waals surface area contributed by atoms with Crippen LogP contribution < -0.4 is 15.4 Å². The molecule has 1 aromatic carbocycles. The van der Waals surface area contributed by atoms with Crippen LogP contribution in [0.15, 0.2) is 24.3 Å². The lowest BCUT2D eigenvalue weighted by atomic mass is 10.0. The molecule has 0 heterocycles. The van der Waals surface area contributed by atoms with Gasteiger partial charge in [0.1, 0.15) is 5.75 Å². The standard InChI is InChI=1S/C17H21N3O8S/c1-10(21)18-12-5-7-13(8-6-12)28-17(24)15(19-11(2)22)16(29)14(23)4-3-9-27-20(25)26/h5-8,14-15,23H,3-4,9H2,1-2H3,(H,18,21)(H,19,22). The van der Waals surface area contributed by atoms with Crippen molar-refractivity contribution in [3.05, 3.63) is 34.4 Å². The molecule has 0 fully saturated rings. The molecule has 0 bridgehead atoms. The summed E-state index contributed by atoms with van der Waals surface area (Å²) in [6.07, 6.45) is -1.21. The van der Waals surface area contributed by atoms with Gasteiger partial charge in [0.05, 0.1) is 17.6 Å². The summed E-state index contributed by atoms with van der Waals surface area (Å²) >= 11 is 5.09. The van der Waals surface area contributed by atoms with Gasteiger partial charge in [0.25, 0.3) is 5.09 Å². The maximum absolute atomic E-state index is 12.5. The monoisotopic (exact) mass is 427 g/mol. The third kappa shape index (κ3) is 9.08. The van der Waals surface area contributed by atoms with Gasteiger partial charge in [0.15, 0.2) is 6.04 Å². The van der Waals surface area contributed by atoms with Crippen LogP contribution in [0.2, 0.25) is 0 Å². The first-order chi connectivity index (χ1) is 13.6. The van der Waals surface area contributed by atoms with E-state index in [1.807, 2.05) is 0 Å². The van der Waals surface area contributed by atoms with E-state index >= 15 is 0 Å². The highest BCUT2D eigenvalue weighted by molar-refractivity contribution is 7.80. The molecule has 0 aliphatic heterocycles. The Bertz CT molecular complexity index is 768. The topological polar surface area (TPSA) is 157 Å². The van der Waals surface area contributed by atoms with Gasteiger partial charge in [-0.2, -0.15) is 0 Å². The Balaban J connectivity index is 2.75. The van der Waals surface area contributed by atoms with Crippen LogP contribution in [0.1, 0.15) is 26.7 Å². The summed E-state index contributed by atoms with van der Waals surface area (Å²) < 4.78 is 5.19. The molecule has 1 aromatic rings. The first-order valence-corrected chi connectivity index (χ1v) is 8.86. The zero-order valence-corrected chi connectivity index (χ0v) is 16.6. The smallest absolute Gasteiger partial charge is 0.339 e. The van der Waals surface area contributed by atoms with Crippen LogP contribution in [0.25, 0.3) is 0 Å². The fourth-order valence-electron chi connectivity index (χ4n) is 2.18. The molecule has 11 nitrogen and oxygen atoms in total. The predicted octanol–water partition coefficient (Wildman–Crippen LogP) is 0.774. The molecule has 0 aliphatic carbocycles. The van der Waals surface area contributed by atoms with Gasteiger partial charge in [-0.25, -0.2) is 4.79 Å². The van der Waals surface area contributed by atoms with Crippen molar-refractivity contribution in [3.8, 4) is 5.75 Å². The number of carbonyl (C=O) groups excluding carboxylic acids is 3. The number of amides is 2. The molecule has 0 radical (unpaired) electrons. The largest absolute Gasteiger partial charge is 0.425 e. The molecule has 1 rings (SSSR count). The summed E-state index contributed by atoms with van der Waals surface area (Å²) in [6, 6.07) is 4.49. The number of rotatable bonds is 11. The van der Waals surface area contributed by atoms with Crippen molar-refractivity contribution in [2.24, 2.45) is 0 Å². The number of anilines is 1. The van der Waals surface area contributed by atoms with E-state index in [0.29, 0.717) is 5.69 Å². The van der Waals surface area contributed by atoms with Crippen LogP contribution in [-0.4, -0.2) is 51.6 Å². The second-order valence-electron chi connectivity index (χ2n) is 5.88. The minimum atomic E-state index is -1.40. The van der Waals surface area contributed by atoms with Gasteiger partial charge >= 0.3 is 5.97 Å². The highest BCUT2D eigenvalue weighted by Gasteiger charge is 2.30. The van der Waals surface area contributed by atoms with Crippen molar-refractivity contribution < 1.29 is 34.2 Å². The molecule has 2 amide bonds. The zero-order valence-electron chi connectivity index (χ0n) is 15.7. The summed E-state index contributed by atoms with van der Waals surface area (Å²) in [6.45, 7) is 2.27. The molecule has 3 N–H and O–H groups in total. The number of nitrogens with one attached hydrogen (secondary N) is 2. The minimum absolute atomic E-state index is 0.0124. The number of aliphatic hydroxyl groups is 1. The molecule has 29 heavy (non-hydrogen) atoms. The van der Waals surface area contributed by atoms with E-state index in [1.165, 1.54) is 38.1 Å². The number of carbonyl (C=O) groups is 3.